The number of nitrogens with zero attached hydrogens (tertiary/aromatic N) is 4. The van der Waals surface area contributed by atoms with Gasteiger partial charge in [-0.2, -0.15) is 13.9 Å². The molecule has 4 rings (SSSR count). The Kier molecular flexibility index (Phi) is 5.07. The van der Waals surface area contributed by atoms with Gasteiger partial charge in [-0.1, -0.05) is 19.1 Å². The number of halogens is 2. The number of alkyl halides is 2. The fraction of sp³-hybridized carbons (Fsp3) is 0.190. The van der Waals surface area contributed by atoms with Crippen LogP contribution in [-0.4, -0.2) is 31.8 Å². The van der Waals surface area contributed by atoms with Crippen molar-refractivity contribution in [1.29, 1.82) is 0 Å². The third-order valence-electron chi connectivity index (χ3n) is 4.73. The first-order valence-corrected chi connectivity index (χ1v) is 9.18. The number of aromatic nitrogens is 4. The van der Waals surface area contributed by atoms with E-state index in [0.717, 1.165) is 10.3 Å². The molecule has 1 amide bonds. The Morgan fingerprint density at radius 2 is 1.86 bits per heavy atom. The molecule has 2 aromatic heterocycles. The lowest BCUT2D eigenvalue weighted by Gasteiger charge is -2.15. The normalized spacial score (nSPS) is 12.4. The molecule has 0 aliphatic heterocycles. The number of carbonyl (C=O) groups is 1. The van der Waals surface area contributed by atoms with Crippen molar-refractivity contribution < 1.29 is 13.6 Å². The summed E-state index contributed by atoms with van der Waals surface area (Å²) in [6.07, 6.45) is 3.49. The van der Waals surface area contributed by atoms with Crippen molar-refractivity contribution in [1.82, 2.24) is 24.6 Å². The maximum Gasteiger partial charge on any atom is 0.320 e. The van der Waals surface area contributed by atoms with Gasteiger partial charge in [0.1, 0.15) is 5.82 Å². The molecule has 8 heteroatoms. The van der Waals surface area contributed by atoms with E-state index in [9.17, 15) is 13.6 Å². The molecular weight excluding hydrogens is 376 g/mol. The number of imidazole rings is 1. The Hall–Kier alpha value is -3.55. The molecule has 1 N–H and O–H groups in total. The van der Waals surface area contributed by atoms with E-state index in [4.69, 9.17) is 0 Å². The molecule has 0 bridgehead atoms. The number of nitrogens with one attached hydrogen (secondary N) is 1. The van der Waals surface area contributed by atoms with Crippen LogP contribution in [0, 0.1) is 0 Å². The van der Waals surface area contributed by atoms with E-state index in [1.54, 1.807) is 66.3 Å². The quantitative estimate of drug-likeness (QED) is 0.533. The Balaban J connectivity index is 1.47. The topological polar surface area (TPSA) is 64.7 Å². The number of hydrogen-bond donors (Lipinski definition) is 1. The standard InChI is InChI=1S/C21H19F2N5O/c1-14(19-26-17-5-2-3-6-18(17)28(19)21(22)23)13-24-20(29)15-7-9-16(10-8-15)27-12-4-11-25-27/h2-12,14,21H,13H2,1H3,(H,24,29)/t14-/m0/s1. The smallest absolute Gasteiger partial charge is 0.320 e. The van der Waals surface area contributed by atoms with E-state index in [1.807, 2.05) is 12.3 Å². The molecule has 4 aromatic rings. The molecule has 0 aliphatic carbocycles. The van der Waals surface area contributed by atoms with Crippen molar-refractivity contribution in [2.45, 2.75) is 19.4 Å². The summed E-state index contributed by atoms with van der Waals surface area (Å²) < 4.78 is 29.8. The van der Waals surface area contributed by atoms with E-state index in [-0.39, 0.29) is 24.2 Å². The number of hydrogen-bond acceptors (Lipinski definition) is 3. The summed E-state index contributed by atoms with van der Waals surface area (Å²) in [5.41, 5.74) is 2.21. The molecule has 0 unspecified atom stereocenters. The first-order valence-electron chi connectivity index (χ1n) is 9.18. The van der Waals surface area contributed by atoms with E-state index in [0.29, 0.717) is 16.6 Å². The molecule has 0 fully saturated rings. The van der Waals surface area contributed by atoms with Crippen LogP contribution in [0.2, 0.25) is 0 Å². The van der Waals surface area contributed by atoms with Crippen LogP contribution in [0.5, 0.6) is 0 Å². The van der Waals surface area contributed by atoms with Gasteiger partial charge in [-0.25, -0.2) is 9.67 Å². The molecule has 1 atom stereocenters. The van der Waals surface area contributed by atoms with E-state index in [1.165, 1.54) is 0 Å². The summed E-state index contributed by atoms with van der Waals surface area (Å²) in [6.45, 7) is -0.748. The maximum atomic E-state index is 13.6. The van der Waals surface area contributed by atoms with Gasteiger partial charge in [-0.05, 0) is 42.5 Å². The zero-order chi connectivity index (χ0) is 20.4. The zero-order valence-corrected chi connectivity index (χ0v) is 15.7. The predicted octanol–water partition coefficient (Wildman–Crippen LogP) is 4.15. The molecule has 0 saturated heterocycles. The molecule has 29 heavy (non-hydrogen) atoms. The summed E-state index contributed by atoms with van der Waals surface area (Å²) in [6, 6.07) is 15.6. The van der Waals surface area contributed by atoms with Crippen molar-refractivity contribution in [3.63, 3.8) is 0 Å². The Morgan fingerprint density at radius 3 is 2.55 bits per heavy atom. The highest BCUT2D eigenvalue weighted by Crippen LogP contribution is 2.27. The molecule has 2 aromatic carbocycles. The number of para-hydroxylation sites is 2. The Bertz CT molecular complexity index is 1120. The van der Waals surface area contributed by atoms with Gasteiger partial charge in [0.15, 0.2) is 0 Å². The average Bonchev–Trinajstić information content (AvgIpc) is 3.39. The van der Waals surface area contributed by atoms with Crippen molar-refractivity contribution in [3.05, 3.63) is 78.4 Å². The molecule has 0 aliphatic rings. The van der Waals surface area contributed by atoms with Gasteiger partial charge in [0.2, 0.25) is 0 Å². The fourth-order valence-corrected chi connectivity index (χ4v) is 3.24. The number of benzene rings is 2. The molecule has 6 nitrogen and oxygen atoms in total. The van der Waals surface area contributed by atoms with Gasteiger partial charge < -0.3 is 5.32 Å². The lowest BCUT2D eigenvalue weighted by molar-refractivity contribution is 0.0704. The highest BCUT2D eigenvalue weighted by molar-refractivity contribution is 5.94. The monoisotopic (exact) mass is 395 g/mol. The lowest BCUT2D eigenvalue weighted by atomic mass is 10.1. The third-order valence-corrected chi connectivity index (χ3v) is 4.73. The molecule has 148 valence electrons. The summed E-state index contributed by atoms with van der Waals surface area (Å²) in [4.78, 5) is 16.8. The molecule has 0 saturated carbocycles. The molecule has 0 spiro atoms. The summed E-state index contributed by atoms with van der Waals surface area (Å²) in [7, 11) is 0. The van der Waals surface area contributed by atoms with Crippen LogP contribution in [0.25, 0.3) is 16.7 Å². The van der Waals surface area contributed by atoms with Gasteiger partial charge in [0, 0.05) is 30.4 Å². The summed E-state index contributed by atoms with van der Waals surface area (Å²) >= 11 is 0. The highest BCUT2D eigenvalue weighted by atomic mass is 19.3. The van der Waals surface area contributed by atoms with Crippen molar-refractivity contribution in [2.24, 2.45) is 0 Å². The molecule has 2 heterocycles. The van der Waals surface area contributed by atoms with Crippen molar-refractivity contribution in [3.8, 4) is 5.69 Å². The number of rotatable bonds is 6. The van der Waals surface area contributed by atoms with Crippen LogP contribution in [0.1, 0.15) is 35.6 Å². The van der Waals surface area contributed by atoms with E-state index >= 15 is 0 Å². The van der Waals surface area contributed by atoms with Crippen LogP contribution in [0.3, 0.4) is 0 Å². The first-order chi connectivity index (χ1) is 14.0. The summed E-state index contributed by atoms with van der Waals surface area (Å²) in [5, 5.41) is 6.94. The van der Waals surface area contributed by atoms with Crippen LogP contribution >= 0.6 is 0 Å². The Labute approximate surface area is 165 Å². The fourth-order valence-electron chi connectivity index (χ4n) is 3.24. The average molecular weight is 395 g/mol. The third kappa shape index (κ3) is 3.73. The van der Waals surface area contributed by atoms with Crippen LogP contribution in [0.15, 0.2) is 67.0 Å². The van der Waals surface area contributed by atoms with Crippen LogP contribution < -0.4 is 5.32 Å². The van der Waals surface area contributed by atoms with Crippen molar-refractivity contribution in [2.75, 3.05) is 6.54 Å². The second kappa shape index (κ2) is 7.83. The number of fused-ring (bicyclic) bond motifs is 1. The minimum Gasteiger partial charge on any atom is -0.351 e. The van der Waals surface area contributed by atoms with Crippen LogP contribution in [-0.2, 0) is 0 Å². The van der Waals surface area contributed by atoms with Crippen LogP contribution in [0.4, 0.5) is 8.78 Å². The predicted molar refractivity (Wildman–Crippen MR) is 105 cm³/mol. The van der Waals surface area contributed by atoms with Gasteiger partial charge >= 0.3 is 6.55 Å². The van der Waals surface area contributed by atoms with Gasteiger partial charge in [-0.15, -0.1) is 0 Å². The highest BCUT2D eigenvalue weighted by Gasteiger charge is 2.22. The minimum absolute atomic E-state index is 0.190. The Morgan fingerprint density at radius 1 is 1.10 bits per heavy atom. The SMILES string of the molecule is C[C@@H](CNC(=O)c1ccc(-n2cccn2)cc1)c1nc2ccccc2n1C(F)F. The number of carbonyl (C=O) groups excluding carboxylic acids is 1. The largest absolute Gasteiger partial charge is 0.351 e. The maximum absolute atomic E-state index is 13.6. The molecule has 0 radical (unpaired) electrons. The van der Waals surface area contributed by atoms with Crippen molar-refractivity contribution >= 4 is 16.9 Å². The van der Waals surface area contributed by atoms with Gasteiger partial charge in [-0.3, -0.25) is 9.36 Å². The van der Waals surface area contributed by atoms with Gasteiger partial charge in [0.25, 0.3) is 5.91 Å². The molecular formula is C21H19F2N5O. The lowest BCUT2D eigenvalue weighted by Crippen LogP contribution is -2.28. The first kappa shape index (κ1) is 18.8. The summed E-state index contributed by atoms with van der Waals surface area (Å²) in [5.74, 6) is -0.414. The van der Waals surface area contributed by atoms with E-state index < -0.39 is 6.55 Å². The van der Waals surface area contributed by atoms with E-state index in [2.05, 4.69) is 15.4 Å². The number of amides is 1. The zero-order valence-electron chi connectivity index (χ0n) is 15.7. The van der Waals surface area contributed by atoms with Gasteiger partial charge in [0.05, 0.1) is 16.7 Å². The second-order valence-corrected chi connectivity index (χ2v) is 6.71. The minimum atomic E-state index is -2.70. The second-order valence-electron chi connectivity index (χ2n) is 6.71.